The Morgan fingerprint density at radius 3 is 2.78 bits per heavy atom. The molecule has 0 aliphatic rings. The lowest BCUT2D eigenvalue weighted by molar-refractivity contribution is 0.0697. The fourth-order valence-corrected chi connectivity index (χ4v) is 2.67. The van der Waals surface area contributed by atoms with Crippen molar-refractivity contribution < 1.29 is 9.90 Å². The topological polar surface area (TPSA) is 62.2 Å². The Bertz CT molecular complexity index is 590. The number of nitrogens with zero attached hydrogens (tertiary/aromatic N) is 1. The maximum absolute atomic E-state index is 11.2. The van der Waals surface area contributed by atoms with E-state index in [9.17, 15) is 4.79 Å². The van der Waals surface area contributed by atoms with Crippen LogP contribution in [0.15, 0.2) is 18.2 Å². The first kappa shape index (κ1) is 12.9. The van der Waals surface area contributed by atoms with Gasteiger partial charge in [-0.25, -0.2) is 4.79 Å². The molecule has 0 saturated carbocycles. The lowest BCUT2D eigenvalue weighted by Gasteiger charge is -2.10. The quantitative estimate of drug-likeness (QED) is 0.897. The molecule has 0 amide bonds. The first-order valence-corrected chi connectivity index (χ1v) is 6.37. The highest BCUT2D eigenvalue weighted by atomic mass is 35.5. The number of carboxylic acids is 1. The van der Waals surface area contributed by atoms with E-state index < -0.39 is 5.97 Å². The van der Waals surface area contributed by atoms with Crippen LogP contribution in [0.1, 0.15) is 21.6 Å². The van der Waals surface area contributed by atoms with Crippen LogP contribution in [0.25, 0.3) is 0 Å². The number of anilines is 2. The Labute approximate surface area is 113 Å². The molecule has 0 aliphatic carbocycles. The van der Waals surface area contributed by atoms with Crippen molar-refractivity contribution in [3.05, 3.63) is 40.0 Å². The molecule has 4 nitrogen and oxygen atoms in total. The van der Waals surface area contributed by atoms with E-state index >= 15 is 0 Å². The molecule has 0 radical (unpaired) electrons. The third kappa shape index (κ3) is 2.32. The van der Waals surface area contributed by atoms with Gasteiger partial charge >= 0.3 is 5.97 Å². The Balaban J connectivity index is 2.44. The van der Waals surface area contributed by atoms with Gasteiger partial charge in [0.1, 0.15) is 10.6 Å². The summed E-state index contributed by atoms with van der Waals surface area (Å²) in [4.78, 5) is 11.2. The molecule has 18 heavy (non-hydrogen) atoms. The molecule has 0 spiro atoms. The molecule has 0 unspecified atom stereocenters. The van der Waals surface area contributed by atoms with Crippen LogP contribution in [0.2, 0.25) is 5.02 Å². The Kier molecular flexibility index (Phi) is 3.54. The second kappa shape index (κ2) is 4.96. The number of carboxylic acid groups (broad SMARTS) is 1. The van der Waals surface area contributed by atoms with E-state index in [-0.39, 0.29) is 5.56 Å². The number of hydrogen-bond acceptors (Lipinski definition) is 4. The van der Waals surface area contributed by atoms with E-state index in [1.165, 1.54) is 0 Å². The van der Waals surface area contributed by atoms with Crippen LogP contribution in [0, 0.1) is 13.8 Å². The van der Waals surface area contributed by atoms with Crippen LogP contribution < -0.4 is 5.32 Å². The number of para-hydroxylation sites is 1. The maximum Gasteiger partial charge on any atom is 0.340 e. The average molecular weight is 283 g/mol. The highest BCUT2D eigenvalue weighted by Gasteiger charge is 2.18. The zero-order valence-electron chi connectivity index (χ0n) is 9.82. The minimum Gasteiger partial charge on any atom is -0.478 e. The molecule has 1 aromatic heterocycles. The van der Waals surface area contributed by atoms with Crippen molar-refractivity contribution in [1.82, 2.24) is 4.37 Å². The molecule has 0 aliphatic heterocycles. The molecule has 0 saturated heterocycles. The summed E-state index contributed by atoms with van der Waals surface area (Å²) >= 11 is 7.21. The van der Waals surface area contributed by atoms with Crippen LogP contribution in [0.4, 0.5) is 10.7 Å². The van der Waals surface area contributed by atoms with Crippen LogP contribution in [-0.2, 0) is 0 Å². The van der Waals surface area contributed by atoms with Crippen LogP contribution >= 0.6 is 23.1 Å². The zero-order valence-corrected chi connectivity index (χ0v) is 11.4. The van der Waals surface area contributed by atoms with Gasteiger partial charge in [-0.1, -0.05) is 23.7 Å². The number of benzene rings is 1. The third-order valence-electron chi connectivity index (χ3n) is 2.54. The molecule has 0 fully saturated rings. The standard InChI is InChI=1S/C12H11ClN2O2S/c1-6-4-3-5-8(13)10(6)14-11-9(12(16)17)7(2)15-18-11/h3-5,14H,1-2H3,(H,16,17). The first-order chi connectivity index (χ1) is 8.50. The molecule has 1 heterocycles. The molecule has 2 N–H and O–H groups in total. The maximum atomic E-state index is 11.2. The van der Waals surface area contributed by atoms with Crippen LogP contribution in [0.3, 0.4) is 0 Å². The Morgan fingerprint density at radius 1 is 1.44 bits per heavy atom. The summed E-state index contributed by atoms with van der Waals surface area (Å²) in [7, 11) is 0. The largest absolute Gasteiger partial charge is 0.478 e. The molecule has 94 valence electrons. The monoisotopic (exact) mass is 282 g/mol. The summed E-state index contributed by atoms with van der Waals surface area (Å²) < 4.78 is 4.05. The summed E-state index contributed by atoms with van der Waals surface area (Å²) in [6.07, 6.45) is 0. The smallest absolute Gasteiger partial charge is 0.340 e. The Morgan fingerprint density at radius 2 is 2.17 bits per heavy atom. The van der Waals surface area contributed by atoms with Crippen molar-refractivity contribution in [1.29, 1.82) is 0 Å². The van der Waals surface area contributed by atoms with Crippen LogP contribution in [-0.4, -0.2) is 15.4 Å². The zero-order chi connectivity index (χ0) is 13.3. The van der Waals surface area contributed by atoms with Crippen molar-refractivity contribution in [2.75, 3.05) is 5.32 Å². The van der Waals surface area contributed by atoms with E-state index in [2.05, 4.69) is 9.69 Å². The van der Waals surface area contributed by atoms with Gasteiger partial charge in [-0.15, -0.1) is 0 Å². The van der Waals surface area contributed by atoms with E-state index in [1.54, 1.807) is 13.0 Å². The number of nitrogens with one attached hydrogen (secondary N) is 1. The molecule has 2 aromatic rings. The van der Waals surface area contributed by atoms with Gasteiger partial charge in [-0.05, 0) is 37.0 Å². The summed E-state index contributed by atoms with van der Waals surface area (Å²) in [6, 6.07) is 5.51. The van der Waals surface area contributed by atoms with Crippen LogP contribution in [0.5, 0.6) is 0 Å². The number of aryl methyl sites for hydroxylation is 2. The Hall–Kier alpha value is -1.59. The molecule has 1 aromatic carbocycles. The first-order valence-electron chi connectivity index (χ1n) is 5.22. The van der Waals surface area contributed by atoms with Crippen molar-refractivity contribution in [3.63, 3.8) is 0 Å². The van der Waals surface area contributed by atoms with Gasteiger partial charge < -0.3 is 10.4 Å². The number of aromatic nitrogens is 1. The fraction of sp³-hybridized carbons (Fsp3) is 0.167. The minimum atomic E-state index is -0.992. The number of carbonyl (C=O) groups is 1. The van der Waals surface area contributed by atoms with Crippen molar-refractivity contribution >= 4 is 39.8 Å². The van der Waals surface area contributed by atoms with E-state index in [1.807, 2.05) is 19.1 Å². The number of rotatable bonds is 3. The lowest BCUT2D eigenvalue weighted by atomic mass is 10.2. The minimum absolute atomic E-state index is 0.194. The number of halogens is 1. The number of hydrogen-bond donors (Lipinski definition) is 2. The predicted octanol–water partition coefficient (Wildman–Crippen LogP) is 3.86. The van der Waals surface area contributed by atoms with Gasteiger partial charge in [-0.2, -0.15) is 4.37 Å². The molecule has 0 bridgehead atoms. The van der Waals surface area contributed by atoms with Crippen molar-refractivity contribution in [3.8, 4) is 0 Å². The molecule has 0 atom stereocenters. The predicted molar refractivity (Wildman–Crippen MR) is 73.3 cm³/mol. The third-order valence-corrected chi connectivity index (χ3v) is 3.71. The second-order valence-corrected chi connectivity index (χ2v) is 5.01. The summed E-state index contributed by atoms with van der Waals surface area (Å²) in [6.45, 7) is 3.58. The number of aromatic carboxylic acids is 1. The van der Waals surface area contributed by atoms with Gasteiger partial charge in [-0.3, -0.25) is 0 Å². The lowest BCUT2D eigenvalue weighted by Crippen LogP contribution is -2.02. The van der Waals surface area contributed by atoms with Gasteiger partial charge in [0.2, 0.25) is 0 Å². The van der Waals surface area contributed by atoms with Gasteiger partial charge in [0.05, 0.1) is 16.4 Å². The SMILES string of the molecule is Cc1cccc(Cl)c1Nc1snc(C)c1C(=O)O. The van der Waals surface area contributed by atoms with Crippen molar-refractivity contribution in [2.45, 2.75) is 13.8 Å². The van der Waals surface area contributed by atoms with E-state index in [0.717, 1.165) is 17.1 Å². The highest BCUT2D eigenvalue weighted by Crippen LogP contribution is 2.33. The van der Waals surface area contributed by atoms with E-state index in [0.29, 0.717) is 21.4 Å². The summed E-state index contributed by atoms with van der Waals surface area (Å²) in [5, 5.41) is 13.2. The second-order valence-electron chi connectivity index (χ2n) is 3.83. The highest BCUT2D eigenvalue weighted by molar-refractivity contribution is 7.10. The van der Waals surface area contributed by atoms with Crippen molar-refractivity contribution in [2.24, 2.45) is 0 Å². The fourth-order valence-electron chi connectivity index (χ4n) is 1.61. The van der Waals surface area contributed by atoms with E-state index in [4.69, 9.17) is 16.7 Å². The van der Waals surface area contributed by atoms with Gasteiger partial charge in [0.25, 0.3) is 0 Å². The normalized spacial score (nSPS) is 10.4. The molecular weight excluding hydrogens is 272 g/mol. The average Bonchev–Trinajstić information content (AvgIpc) is 2.65. The van der Waals surface area contributed by atoms with Gasteiger partial charge in [0, 0.05) is 0 Å². The molecule has 6 heteroatoms. The van der Waals surface area contributed by atoms with Gasteiger partial charge in [0.15, 0.2) is 0 Å². The molecule has 2 rings (SSSR count). The summed E-state index contributed by atoms with van der Waals surface area (Å²) in [5.74, 6) is -0.992. The molecular formula is C12H11ClN2O2S. The summed E-state index contributed by atoms with van der Waals surface area (Å²) in [5.41, 5.74) is 2.36.